The van der Waals surface area contributed by atoms with Crippen molar-refractivity contribution in [2.75, 3.05) is 47.2 Å². The summed E-state index contributed by atoms with van der Waals surface area (Å²) in [6.45, 7) is 7.27. The number of carbonyl (C=O) groups is 1. The first-order chi connectivity index (χ1) is 17.6. The molecule has 1 aliphatic rings. The van der Waals surface area contributed by atoms with Crippen molar-refractivity contribution in [2.45, 2.75) is 0 Å². The second-order valence-electron chi connectivity index (χ2n) is 8.14. The largest absolute Gasteiger partial charge is 0.398 e. The lowest BCUT2D eigenvalue weighted by molar-refractivity contribution is 0.122. The van der Waals surface area contributed by atoms with Gasteiger partial charge in [0.25, 0.3) is 0 Å². The van der Waals surface area contributed by atoms with Crippen LogP contribution in [0.1, 0.15) is 5.56 Å². The van der Waals surface area contributed by atoms with Gasteiger partial charge in [-0.25, -0.2) is 9.79 Å². The van der Waals surface area contributed by atoms with Gasteiger partial charge >= 0.3 is 6.03 Å². The van der Waals surface area contributed by atoms with E-state index >= 15 is 0 Å². The van der Waals surface area contributed by atoms with Crippen LogP contribution in [0.5, 0.6) is 0 Å². The Kier molecular flexibility index (Phi) is 8.35. The second-order valence-corrected chi connectivity index (χ2v) is 8.14. The summed E-state index contributed by atoms with van der Waals surface area (Å²) in [5.41, 5.74) is 11.0. The van der Waals surface area contributed by atoms with Gasteiger partial charge in [-0.05, 0) is 60.2 Å². The molecule has 0 saturated carbocycles. The van der Waals surface area contributed by atoms with E-state index in [0.717, 1.165) is 43.2 Å². The number of hydrogen-bond donors (Lipinski definition) is 4. The number of ether oxygens (including phenoxy) is 1. The molecule has 1 heterocycles. The van der Waals surface area contributed by atoms with E-state index in [2.05, 4.69) is 44.6 Å². The lowest BCUT2D eigenvalue weighted by Crippen LogP contribution is -2.36. The summed E-state index contributed by atoms with van der Waals surface area (Å²) in [5, 5.41) is 8.75. The number of urea groups is 1. The Labute approximate surface area is 211 Å². The van der Waals surface area contributed by atoms with Crippen LogP contribution in [0.4, 0.5) is 27.5 Å². The quantitative estimate of drug-likeness (QED) is 0.334. The minimum atomic E-state index is -0.314. The van der Waals surface area contributed by atoms with E-state index < -0.39 is 0 Å². The number of aliphatic imine (C=N–C) groups is 1. The van der Waals surface area contributed by atoms with E-state index in [1.165, 1.54) is 5.69 Å². The molecular weight excluding hydrogens is 452 g/mol. The SMILES string of the molecule is C=C(/N=C\C=C(/N)c1ccc(NC(=O)Nc2ccccc2)cc1)Nc1ccc(N2CCOCC2)cc1. The van der Waals surface area contributed by atoms with Gasteiger partial charge in [0.15, 0.2) is 0 Å². The first-order valence-electron chi connectivity index (χ1n) is 11.7. The van der Waals surface area contributed by atoms with E-state index in [4.69, 9.17) is 10.5 Å². The number of nitrogens with two attached hydrogens (primary N) is 1. The Balaban J connectivity index is 1.26. The molecule has 1 saturated heterocycles. The molecule has 184 valence electrons. The van der Waals surface area contributed by atoms with Crippen molar-refractivity contribution in [1.82, 2.24) is 0 Å². The maximum atomic E-state index is 12.1. The summed E-state index contributed by atoms with van der Waals surface area (Å²) < 4.78 is 5.40. The molecule has 2 amide bonds. The fourth-order valence-electron chi connectivity index (χ4n) is 3.64. The highest BCUT2D eigenvalue weighted by Crippen LogP contribution is 2.20. The van der Waals surface area contributed by atoms with Crippen LogP contribution in [-0.2, 0) is 4.74 Å². The first kappa shape index (κ1) is 24.6. The van der Waals surface area contributed by atoms with E-state index in [1.807, 2.05) is 54.6 Å². The number of benzene rings is 3. The highest BCUT2D eigenvalue weighted by Gasteiger charge is 2.10. The van der Waals surface area contributed by atoms with E-state index in [1.54, 1.807) is 24.4 Å². The number of nitrogens with zero attached hydrogens (tertiary/aromatic N) is 2. The third-order valence-corrected chi connectivity index (χ3v) is 5.52. The van der Waals surface area contributed by atoms with Crippen LogP contribution in [0, 0.1) is 0 Å². The highest BCUT2D eigenvalue weighted by molar-refractivity contribution is 5.99. The third-order valence-electron chi connectivity index (χ3n) is 5.52. The predicted molar refractivity (Wildman–Crippen MR) is 148 cm³/mol. The smallest absolute Gasteiger partial charge is 0.323 e. The molecule has 0 aliphatic carbocycles. The summed E-state index contributed by atoms with van der Waals surface area (Å²) in [4.78, 5) is 18.7. The second kappa shape index (κ2) is 12.2. The van der Waals surface area contributed by atoms with Crippen LogP contribution in [0.25, 0.3) is 5.70 Å². The monoisotopic (exact) mass is 482 g/mol. The number of rotatable bonds is 8. The Hall–Kier alpha value is -4.56. The normalized spacial score (nSPS) is 13.9. The van der Waals surface area contributed by atoms with Crippen molar-refractivity contribution in [1.29, 1.82) is 0 Å². The minimum absolute atomic E-state index is 0.314. The molecular formula is C28H30N6O2. The Morgan fingerprint density at radius 1 is 0.861 bits per heavy atom. The molecule has 3 aromatic rings. The molecule has 8 heteroatoms. The van der Waals surface area contributed by atoms with Crippen molar-refractivity contribution < 1.29 is 9.53 Å². The van der Waals surface area contributed by atoms with Gasteiger partial charge in [0.05, 0.1) is 13.2 Å². The molecule has 0 bridgehead atoms. The first-order valence-corrected chi connectivity index (χ1v) is 11.7. The van der Waals surface area contributed by atoms with E-state index in [0.29, 0.717) is 17.2 Å². The number of amides is 2. The number of allylic oxidation sites excluding steroid dienone is 1. The van der Waals surface area contributed by atoms with Crippen molar-refractivity contribution >= 4 is 40.7 Å². The molecule has 1 aliphatic heterocycles. The zero-order chi connectivity index (χ0) is 25.2. The summed E-state index contributed by atoms with van der Waals surface area (Å²) in [6, 6.07) is 24.4. The Morgan fingerprint density at radius 3 is 2.11 bits per heavy atom. The van der Waals surface area contributed by atoms with Crippen LogP contribution in [0.15, 0.2) is 102 Å². The van der Waals surface area contributed by atoms with Gasteiger partial charge in [-0.2, -0.15) is 0 Å². The zero-order valence-electron chi connectivity index (χ0n) is 20.0. The van der Waals surface area contributed by atoms with Crippen LogP contribution in [0.3, 0.4) is 0 Å². The molecule has 0 aromatic heterocycles. The molecule has 1 fully saturated rings. The fraction of sp³-hybridized carbons (Fsp3) is 0.143. The van der Waals surface area contributed by atoms with Crippen LogP contribution in [-0.4, -0.2) is 38.5 Å². The lowest BCUT2D eigenvalue weighted by atomic mass is 10.1. The molecule has 0 unspecified atom stereocenters. The standard InChI is InChI=1S/C28H30N6O2/c1-21(31-24-11-13-26(14-12-24)34-17-19-36-20-18-34)30-16-15-27(29)22-7-9-25(10-8-22)33-28(35)32-23-5-3-2-4-6-23/h2-16,31H,1,17-20,29H2,(H2,32,33,35)/b27-15-,30-16-. The van der Waals surface area contributed by atoms with Crippen molar-refractivity contribution in [2.24, 2.45) is 10.7 Å². The maximum absolute atomic E-state index is 12.1. The number of nitrogens with one attached hydrogen (secondary N) is 3. The number of hydrogen-bond acceptors (Lipinski definition) is 6. The summed E-state index contributed by atoms with van der Waals surface area (Å²) in [6.07, 6.45) is 3.31. The molecule has 0 radical (unpaired) electrons. The average molecular weight is 483 g/mol. The van der Waals surface area contributed by atoms with Crippen molar-refractivity contribution in [3.05, 3.63) is 103 Å². The topological polar surface area (TPSA) is 104 Å². The number of para-hydroxylation sites is 1. The number of carbonyl (C=O) groups excluding carboxylic acids is 1. The Morgan fingerprint density at radius 2 is 1.44 bits per heavy atom. The van der Waals surface area contributed by atoms with Crippen molar-refractivity contribution in [3.8, 4) is 0 Å². The lowest BCUT2D eigenvalue weighted by Gasteiger charge is -2.28. The summed E-state index contributed by atoms with van der Waals surface area (Å²) >= 11 is 0. The van der Waals surface area contributed by atoms with Crippen LogP contribution < -0.4 is 26.6 Å². The van der Waals surface area contributed by atoms with Crippen LogP contribution in [0.2, 0.25) is 0 Å². The van der Waals surface area contributed by atoms with Gasteiger partial charge in [-0.15, -0.1) is 0 Å². The zero-order valence-corrected chi connectivity index (χ0v) is 20.0. The highest BCUT2D eigenvalue weighted by atomic mass is 16.5. The predicted octanol–water partition coefficient (Wildman–Crippen LogP) is 5.12. The Bertz CT molecular complexity index is 1220. The maximum Gasteiger partial charge on any atom is 0.323 e. The fourth-order valence-corrected chi connectivity index (χ4v) is 3.64. The molecule has 36 heavy (non-hydrogen) atoms. The molecule has 0 spiro atoms. The summed E-state index contributed by atoms with van der Waals surface area (Å²) in [5.74, 6) is 0.502. The molecule has 8 nitrogen and oxygen atoms in total. The minimum Gasteiger partial charge on any atom is -0.398 e. The van der Waals surface area contributed by atoms with E-state index in [-0.39, 0.29) is 6.03 Å². The molecule has 0 atom stereocenters. The summed E-state index contributed by atoms with van der Waals surface area (Å²) in [7, 11) is 0. The molecule has 5 N–H and O–H groups in total. The van der Waals surface area contributed by atoms with Crippen LogP contribution >= 0.6 is 0 Å². The number of morpholine rings is 1. The third kappa shape index (κ3) is 7.22. The van der Waals surface area contributed by atoms with Gasteiger partial charge in [-0.3, -0.25) is 0 Å². The molecule has 4 rings (SSSR count). The van der Waals surface area contributed by atoms with Crippen molar-refractivity contribution in [3.63, 3.8) is 0 Å². The average Bonchev–Trinajstić information content (AvgIpc) is 2.90. The van der Waals surface area contributed by atoms with Gasteiger partial charge < -0.3 is 31.3 Å². The van der Waals surface area contributed by atoms with Gasteiger partial charge in [0, 0.05) is 47.8 Å². The number of anilines is 4. The van der Waals surface area contributed by atoms with E-state index in [9.17, 15) is 4.79 Å². The van der Waals surface area contributed by atoms with Gasteiger partial charge in [0.1, 0.15) is 5.82 Å². The van der Waals surface area contributed by atoms with Gasteiger partial charge in [0.2, 0.25) is 0 Å². The molecule has 3 aromatic carbocycles. The van der Waals surface area contributed by atoms with Gasteiger partial charge in [-0.1, -0.05) is 36.9 Å².